The number of benzene rings is 1. The van der Waals surface area contributed by atoms with Crippen molar-refractivity contribution in [1.29, 1.82) is 0 Å². The number of hydrogen-bond acceptors (Lipinski definition) is 8. The first kappa shape index (κ1) is 20.3. The Morgan fingerprint density at radius 3 is 2.79 bits per heavy atom. The predicted octanol–water partition coefficient (Wildman–Crippen LogP) is 2.41. The summed E-state index contributed by atoms with van der Waals surface area (Å²) in [6.07, 6.45) is 2.90. The predicted molar refractivity (Wildman–Crippen MR) is 109 cm³/mol. The standard InChI is InChI=1S/C19H18N4O5S/c1-2-27-18(26)12-5-7-13(8-6-12)21-16(24)10-15-17(25)22-19(29-15)23-20-11-14-4-3-9-28-14/h3-9,11,15H,2,10H2,1H3,(H,21,24)(H,22,23,25)/b20-11-. The zero-order valence-corrected chi connectivity index (χ0v) is 16.3. The lowest BCUT2D eigenvalue weighted by atomic mass is 10.2. The number of nitrogens with one attached hydrogen (secondary N) is 2. The Morgan fingerprint density at radius 1 is 1.31 bits per heavy atom. The molecule has 1 atom stereocenters. The molecule has 2 amide bonds. The molecule has 2 aromatic rings. The van der Waals surface area contributed by atoms with Crippen LogP contribution < -0.4 is 10.6 Å². The van der Waals surface area contributed by atoms with E-state index in [0.717, 1.165) is 11.8 Å². The maximum Gasteiger partial charge on any atom is 0.338 e. The van der Waals surface area contributed by atoms with Gasteiger partial charge in [-0.1, -0.05) is 11.8 Å². The molecule has 1 fully saturated rings. The zero-order chi connectivity index (χ0) is 20.6. The van der Waals surface area contributed by atoms with Crippen LogP contribution in [-0.4, -0.2) is 41.0 Å². The van der Waals surface area contributed by atoms with E-state index in [1.807, 2.05) is 0 Å². The van der Waals surface area contributed by atoms with Crippen LogP contribution in [0.15, 0.2) is 57.3 Å². The van der Waals surface area contributed by atoms with Gasteiger partial charge >= 0.3 is 5.97 Å². The molecule has 0 saturated carbocycles. The van der Waals surface area contributed by atoms with Gasteiger partial charge < -0.3 is 19.8 Å². The molecule has 1 aromatic heterocycles. The lowest BCUT2D eigenvalue weighted by Gasteiger charge is -2.08. The van der Waals surface area contributed by atoms with Crippen LogP contribution in [0.2, 0.25) is 0 Å². The fourth-order valence-electron chi connectivity index (χ4n) is 2.37. The van der Waals surface area contributed by atoms with Crippen molar-refractivity contribution in [2.45, 2.75) is 18.6 Å². The van der Waals surface area contributed by atoms with E-state index in [9.17, 15) is 14.4 Å². The molecule has 2 N–H and O–H groups in total. The van der Waals surface area contributed by atoms with E-state index in [4.69, 9.17) is 9.15 Å². The average Bonchev–Trinajstić information content (AvgIpc) is 3.33. The zero-order valence-electron chi connectivity index (χ0n) is 15.5. The van der Waals surface area contributed by atoms with Crippen molar-refractivity contribution in [3.8, 4) is 0 Å². The fourth-order valence-corrected chi connectivity index (χ4v) is 3.30. The first-order valence-corrected chi connectivity index (χ1v) is 9.62. The molecule has 0 radical (unpaired) electrons. The fraction of sp³-hybridized carbons (Fsp3) is 0.211. The maximum atomic E-state index is 12.2. The van der Waals surface area contributed by atoms with Crippen molar-refractivity contribution < 1.29 is 23.5 Å². The number of rotatable bonds is 7. The van der Waals surface area contributed by atoms with Gasteiger partial charge in [0, 0.05) is 12.1 Å². The third kappa shape index (κ3) is 5.79. The largest absolute Gasteiger partial charge is 0.463 e. The summed E-state index contributed by atoms with van der Waals surface area (Å²) in [5.74, 6) is -0.531. The van der Waals surface area contributed by atoms with Crippen molar-refractivity contribution in [3.05, 3.63) is 54.0 Å². The normalized spacial score (nSPS) is 17.5. The van der Waals surface area contributed by atoms with Gasteiger partial charge in [-0.05, 0) is 43.3 Å². The van der Waals surface area contributed by atoms with Crippen LogP contribution in [0.1, 0.15) is 29.5 Å². The SMILES string of the molecule is CCOC(=O)c1ccc(NC(=O)CC2S/C(=N\N=C/c3ccco3)NC2=O)cc1. The van der Waals surface area contributed by atoms with Gasteiger partial charge in [-0.2, -0.15) is 5.10 Å². The summed E-state index contributed by atoms with van der Waals surface area (Å²) in [5, 5.41) is 12.7. The van der Waals surface area contributed by atoms with Gasteiger partial charge in [-0.25, -0.2) is 4.79 Å². The average molecular weight is 414 g/mol. The van der Waals surface area contributed by atoms with E-state index in [0.29, 0.717) is 22.2 Å². The lowest BCUT2D eigenvalue weighted by Crippen LogP contribution is -2.28. The van der Waals surface area contributed by atoms with Crippen LogP contribution >= 0.6 is 11.8 Å². The number of hydrogen-bond donors (Lipinski definition) is 2. The van der Waals surface area contributed by atoms with Crippen molar-refractivity contribution in [2.75, 3.05) is 11.9 Å². The third-order valence-corrected chi connectivity index (χ3v) is 4.78. The van der Waals surface area contributed by atoms with Gasteiger partial charge in [0.1, 0.15) is 11.0 Å². The highest BCUT2D eigenvalue weighted by molar-refractivity contribution is 8.15. The minimum atomic E-state index is -0.605. The molecule has 0 spiro atoms. The second-order valence-corrected chi connectivity index (χ2v) is 7.00. The Labute approximate surface area is 170 Å². The number of furan rings is 1. The van der Waals surface area contributed by atoms with Gasteiger partial charge in [0.2, 0.25) is 11.8 Å². The summed E-state index contributed by atoms with van der Waals surface area (Å²) >= 11 is 1.13. The van der Waals surface area contributed by atoms with E-state index in [1.54, 1.807) is 43.3 Å². The number of nitrogens with zero attached hydrogens (tertiary/aromatic N) is 2. The van der Waals surface area contributed by atoms with Crippen molar-refractivity contribution in [2.24, 2.45) is 10.2 Å². The molecule has 29 heavy (non-hydrogen) atoms. The highest BCUT2D eigenvalue weighted by Gasteiger charge is 2.32. The molecular formula is C19H18N4O5S. The highest BCUT2D eigenvalue weighted by Crippen LogP contribution is 2.23. The summed E-state index contributed by atoms with van der Waals surface area (Å²) in [7, 11) is 0. The van der Waals surface area contributed by atoms with Crippen LogP contribution in [0.25, 0.3) is 0 Å². The quantitative estimate of drug-likeness (QED) is 0.408. The van der Waals surface area contributed by atoms with E-state index in [2.05, 4.69) is 20.8 Å². The Morgan fingerprint density at radius 2 is 2.10 bits per heavy atom. The highest BCUT2D eigenvalue weighted by atomic mass is 32.2. The summed E-state index contributed by atoms with van der Waals surface area (Å²) in [5.41, 5.74) is 0.912. The minimum Gasteiger partial charge on any atom is -0.463 e. The second-order valence-electron chi connectivity index (χ2n) is 5.81. The van der Waals surface area contributed by atoms with Crippen LogP contribution in [0, 0.1) is 0 Å². The monoisotopic (exact) mass is 414 g/mol. The minimum absolute atomic E-state index is 0.0307. The summed E-state index contributed by atoms with van der Waals surface area (Å²) < 4.78 is 10.00. The number of ether oxygens (including phenoxy) is 1. The number of carbonyl (C=O) groups is 3. The van der Waals surface area contributed by atoms with Gasteiger partial charge in [0.15, 0.2) is 5.17 Å². The Kier molecular flexibility index (Phi) is 6.80. The maximum absolute atomic E-state index is 12.2. The lowest BCUT2D eigenvalue weighted by molar-refractivity contribution is -0.122. The van der Waals surface area contributed by atoms with Crippen LogP contribution in [0.5, 0.6) is 0 Å². The number of carbonyl (C=O) groups excluding carboxylic acids is 3. The molecule has 1 aliphatic rings. The van der Waals surface area contributed by atoms with Crippen molar-refractivity contribution >= 4 is 46.6 Å². The Bertz CT molecular complexity index is 938. The van der Waals surface area contributed by atoms with Gasteiger partial charge in [0.25, 0.3) is 0 Å². The molecule has 150 valence electrons. The molecule has 3 rings (SSSR count). The molecule has 1 unspecified atom stereocenters. The molecule has 2 heterocycles. The molecule has 1 aromatic carbocycles. The van der Waals surface area contributed by atoms with Gasteiger partial charge in [0.05, 0.1) is 24.6 Å². The van der Waals surface area contributed by atoms with E-state index < -0.39 is 11.2 Å². The van der Waals surface area contributed by atoms with Crippen LogP contribution in [-0.2, 0) is 14.3 Å². The number of amides is 2. The summed E-state index contributed by atoms with van der Waals surface area (Å²) in [4.78, 5) is 35.9. The first-order chi connectivity index (χ1) is 14.0. The third-order valence-electron chi connectivity index (χ3n) is 3.70. The molecule has 1 saturated heterocycles. The number of anilines is 1. The van der Waals surface area contributed by atoms with E-state index in [1.165, 1.54) is 12.5 Å². The van der Waals surface area contributed by atoms with Crippen molar-refractivity contribution in [1.82, 2.24) is 5.32 Å². The second kappa shape index (κ2) is 9.69. The van der Waals surface area contributed by atoms with Crippen LogP contribution in [0.3, 0.4) is 0 Å². The van der Waals surface area contributed by atoms with E-state index >= 15 is 0 Å². The van der Waals surface area contributed by atoms with E-state index in [-0.39, 0.29) is 24.8 Å². The molecule has 0 bridgehead atoms. The smallest absolute Gasteiger partial charge is 0.338 e. The summed E-state index contributed by atoms with van der Waals surface area (Å²) in [6, 6.07) is 9.76. The van der Waals surface area contributed by atoms with Crippen molar-refractivity contribution in [3.63, 3.8) is 0 Å². The van der Waals surface area contributed by atoms with Gasteiger partial charge in [-0.15, -0.1) is 5.10 Å². The molecule has 9 nitrogen and oxygen atoms in total. The number of thioether (sulfide) groups is 1. The molecule has 1 aliphatic heterocycles. The Hall–Kier alpha value is -3.40. The molecule has 0 aliphatic carbocycles. The number of esters is 1. The van der Waals surface area contributed by atoms with Crippen LogP contribution in [0.4, 0.5) is 5.69 Å². The first-order valence-electron chi connectivity index (χ1n) is 8.74. The topological polar surface area (TPSA) is 122 Å². The van der Waals surface area contributed by atoms with Gasteiger partial charge in [-0.3, -0.25) is 9.59 Å². The number of amidine groups is 1. The molecular weight excluding hydrogens is 396 g/mol. The molecule has 10 heteroatoms. The Balaban J connectivity index is 1.51. The summed E-state index contributed by atoms with van der Waals surface area (Å²) in [6.45, 7) is 2.02.